The first-order valence-corrected chi connectivity index (χ1v) is 8.71. The maximum Gasteiger partial charge on any atom is 0.229 e. The van der Waals surface area contributed by atoms with E-state index in [1.54, 1.807) is 29.2 Å². The summed E-state index contributed by atoms with van der Waals surface area (Å²) < 4.78 is 30.1. The van der Waals surface area contributed by atoms with Gasteiger partial charge in [-0.2, -0.15) is 0 Å². The highest BCUT2D eigenvalue weighted by Crippen LogP contribution is 2.25. The Morgan fingerprint density at radius 1 is 1.24 bits per heavy atom. The zero-order chi connectivity index (χ0) is 15.5. The van der Waals surface area contributed by atoms with Crippen LogP contribution >= 0.6 is 0 Å². The van der Waals surface area contributed by atoms with E-state index < -0.39 is 10.0 Å². The van der Waals surface area contributed by atoms with Crippen molar-refractivity contribution in [1.29, 1.82) is 0 Å². The van der Waals surface area contributed by atoms with Crippen LogP contribution in [-0.2, 0) is 19.6 Å². The molecule has 0 aliphatic carbocycles. The minimum absolute atomic E-state index is 0.0225. The smallest absolute Gasteiger partial charge is 0.229 e. The number of nitrogens with one attached hydrogen (secondary N) is 1. The molecule has 116 valence electrons. The molecule has 2 rings (SSSR count). The van der Waals surface area contributed by atoms with Crippen LogP contribution in [0, 0.1) is 0 Å². The molecule has 7 heteroatoms. The van der Waals surface area contributed by atoms with Crippen LogP contribution in [-0.4, -0.2) is 39.8 Å². The van der Waals surface area contributed by atoms with E-state index in [0.29, 0.717) is 18.9 Å². The third-order valence-electron chi connectivity index (χ3n) is 3.34. The van der Waals surface area contributed by atoms with Crippen LogP contribution in [0.15, 0.2) is 24.3 Å². The summed E-state index contributed by atoms with van der Waals surface area (Å²) in [5, 5.41) is 0. The van der Waals surface area contributed by atoms with Gasteiger partial charge in [-0.1, -0.05) is 0 Å². The number of anilines is 2. The molecule has 1 heterocycles. The summed E-state index contributed by atoms with van der Waals surface area (Å²) >= 11 is 0. The van der Waals surface area contributed by atoms with Crippen LogP contribution in [0.5, 0.6) is 0 Å². The lowest BCUT2D eigenvalue weighted by atomic mass is 10.1. The Bertz CT molecular complexity index is 592. The van der Waals surface area contributed by atoms with E-state index in [0.717, 1.165) is 24.8 Å². The quantitative estimate of drug-likeness (QED) is 0.916. The highest BCUT2D eigenvalue weighted by molar-refractivity contribution is 7.92. The van der Waals surface area contributed by atoms with Gasteiger partial charge in [-0.25, -0.2) is 8.42 Å². The van der Waals surface area contributed by atoms with Gasteiger partial charge in [0, 0.05) is 37.6 Å². The van der Waals surface area contributed by atoms with Gasteiger partial charge in [-0.05, 0) is 37.1 Å². The SMILES string of the molecule is CC(=O)N(c1ccc(NS(C)(=O)=O)cc1)C1CCOCC1. The maximum absolute atomic E-state index is 11.9. The Labute approximate surface area is 125 Å². The van der Waals surface area contributed by atoms with E-state index in [1.165, 1.54) is 6.92 Å². The van der Waals surface area contributed by atoms with Crippen molar-refractivity contribution >= 4 is 27.3 Å². The second kappa shape index (κ2) is 6.44. The van der Waals surface area contributed by atoms with Crippen LogP contribution < -0.4 is 9.62 Å². The van der Waals surface area contributed by atoms with Gasteiger partial charge in [0.25, 0.3) is 0 Å². The molecule has 21 heavy (non-hydrogen) atoms. The molecule has 1 amide bonds. The lowest BCUT2D eigenvalue weighted by Gasteiger charge is -2.33. The first-order chi connectivity index (χ1) is 9.87. The average Bonchev–Trinajstić information content (AvgIpc) is 2.40. The highest BCUT2D eigenvalue weighted by atomic mass is 32.2. The Kier molecular flexibility index (Phi) is 4.84. The number of carbonyl (C=O) groups excluding carboxylic acids is 1. The van der Waals surface area contributed by atoms with Crippen LogP contribution in [0.1, 0.15) is 19.8 Å². The van der Waals surface area contributed by atoms with E-state index in [2.05, 4.69) is 4.72 Å². The first kappa shape index (κ1) is 15.8. The zero-order valence-electron chi connectivity index (χ0n) is 12.2. The number of nitrogens with zero attached hydrogens (tertiary/aromatic N) is 1. The average molecular weight is 312 g/mol. The third kappa shape index (κ3) is 4.44. The number of hydrogen-bond donors (Lipinski definition) is 1. The molecule has 1 fully saturated rings. The summed E-state index contributed by atoms with van der Waals surface area (Å²) in [5.41, 5.74) is 1.25. The summed E-state index contributed by atoms with van der Waals surface area (Å²) in [6.07, 6.45) is 2.72. The van der Waals surface area contributed by atoms with Gasteiger partial charge < -0.3 is 9.64 Å². The number of hydrogen-bond acceptors (Lipinski definition) is 4. The van der Waals surface area contributed by atoms with Gasteiger partial charge in [0.1, 0.15) is 0 Å². The molecule has 0 unspecified atom stereocenters. The Balaban J connectivity index is 2.19. The number of ether oxygens (including phenoxy) is 1. The molecule has 0 aromatic heterocycles. The number of benzene rings is 1. The fourth-order valence-electron chi connectivity index (χ4n) is 2.50. The monoisotopic (exact) mass is 312 g/mol. The lowest BCUT2D eigenvalue weighted by Crippen LogP contribution is -2.42. The largest absolute Gasteiger partial charge is 0.381 e. The number of sulfonamides is 1. The Hall–Kier alpha value is -1.60. The van der Waals surface area contributed by atoms with Gasteiger partial charge in [-0.3, -0.25) is 9.52 Å². The molecule has 1 aromatic carbocycles. The minimum atomic E-state index is -3.29. The molecule has 0 atom stereocenters. The number of amides is 1. The molecule has 1 aromatic rings. The topological polar surface area (TPSA) is 75.7 Å². The van der Waals surface area contributed by atoms with E-state index in [-0.39, 0.29) is 11.9 Å². The molecule has 6 nitrogen and oxygen atoms in total. The fraction of sp³-hybridized carbons (Fsp3) is 0.500. The maximum atomic E-state index is 11.9. The first-order valence-electron chi connectivity index (χ1n) is 6.82. The van der Waals surface area contributed by atoms with Crippen LogP contribution in [0.25, 0.3) is 0 Å². The van der Waals surface area contributed by atoms with Crippen LogP contribution in [0.2, 0.25) is 0 Å². The normalized spacial score (nSPS) is 16.5. The van der Waals surface area contributed by atoms with Crippen LogP contribution in [0.3, 0.4) is 0 Å². The van der Waals surface area contributed by atoms with E-state index in [4.69, 9.17) is 4.74 Å². The van der Waals surface area contributed by atoms with Gasteiger partial charge in [-0.15, -0.1) is 0 Å². The predicted octanol–water partition coefficient (Wildman–Crippen LogP) is 1.59. The molecule has 0 radical (unpaired) electrons. The molecule has 1 N–H and O–H groups in total. The van der Waals surface area contributed by atoms with Crippen molar-refractivity contribution in [2.75, 3.05) is 29.1 Å². The van der Waals surface area contributed by atoms with E-state index in [9.17, 15) is 13.2 Å². The summed E-state index contributed by atoms with van der Waals surface area (Å²) in [4.78, 5) is 13.7. The Morgan fingerprint density at radius 2 is 1.81 bits per heavy atom. The Morgan fingerprint density at radius 3 is 2.29 bits per heavy atom. The molecule has 0 bridgehead atoms. The molecule has 1 aliphatic heterocycles. The van der Waals surface area contributed by atoms with Crippen molar-refractivity contribution in [3.63, 3.8) is 0 Å². The molecular weight excluding hydrogens is 292 g/mol. The summed E-state index contributed by atoms with van der Waals surface area (Å²) in [7, 11) is -3.29. The van der Waals surface area contributed by atoms with Crippen molar-refractivity contribution in [2.24, 2.45) is 0 Å². The van der Waals surface area contributed by atoms with Gasteiger partial charge in [0.05, 0.1) is 6.26 Å². The van der Waals surface area contributed by atoms with Crippen molar-refractivity contribution in [3.8, 4) is 0 Å². The predicted molar refractivity (Wildman–Crippen MR) is 81.9 cm³/mol. The lowest BCUT2D eigenvalue weighted by molar-refractivity contribution is -0.117. The second-order valence-corrected chi connectivity index (χ2v) is 6.90. The van der Waals surface area contributed by atoms with E-state index >= 15 is 0 Å². The van der Waals surface area contributed by atoms with Crippen molar-refractivity contribution < 1.29 is 17.9 Å². The van der Waals surface area contributed by atoms with Gasteiger partial charge >= 0.3 is 0 Å². The highest BCUT2D eigenvalue weighted by Gasteiger charge is 2.24. The minimum Gasteiger partial charge on any atom is -0.381 e. The van der Waals surface area contributed by atoms with Crippen molar-refractivity contribution in [1.82, 2.24) is 0 Å². The van der Waals surface area contributed by atoms with E-state index in [1.807, 2.05) is 0 Å². The molecule has 1 saturated heterocycles. The summed E-state index contributed by atoms with van der Waals surface area (Å²) in [6.45, 7) is 2.85. The third-order valence-corrected chi connectivity index (χ3v) is 3.95. The van der Waals surface area contributed by atoms with Crippen molar-refractivity contribution in [2.45, 2.75) is 25.8 Å². The standard InChI is InChI=1S/C14H20N2O4S/c1-11(17)16(14-7-9-20-10-8-14)13-5-3-12(4-6-13)15-21(2,18)19/h3-6,14-15H,7-10H2,1-2H3. The molecule has 1 aliphatic rings. The van der Waals surface area contributed by atoms with Gasteiger partial charge in [0.15, 0.2) is 0 Å². The van der Waals surface area contributed by atoms with Crippen molar-refractivity contribution in [3.05, 3.63) is 24.3 Å². The fourth-order valence-corrected chi connectivity index (χ4v) is 3.06. The van der Waals surface area contributed by atoms with Crippen LogP contribution in [0.4, 0.5) is 11.4 Å². The number of carbonyl (C=O) groups is 1. The zero-order valence-corrected chi connectivity index (χ0v) is 13.0. The number of rotatable bonds is 4. The summed E-state index contributed by atoms with van der Waals surface area (Å²) in [6, 6.07) is 6.96. The molecule has 0 saturated carbocycles. The summed E-state index contributed by atoms with van der Waals surface area (Å²) in [5.74, 6) is -0.0225. The molecular formula is C14H20N2O4S. The van der Waals surface area contributed by atoms with Gasteiger partial charge in [0.2, 0.25) is 15.9 Å². The molecule has 0 spiro atoms. The second-order valence-electron chi connectivity index (χ2n) is 5.15.